The summed E-state index contributed by atoms with van der Waals surface area (Å²) in [5.74, 6) is -0.413. The van der Waals surface area contributed by atoms with E-state index in [-0.39, 0.29) is 0 Å². The first kappa shape index (κ1) is 6.97. The zero-order valence-electron chi connectivity index (χ0n) is 6.32. The Hall–Kier alpha value is -1.71. The van der Waals surface area contributed by atoms with Crippen LogP contribution < -0.4 is 5.73 Å². The van der Waals surface area contributed by atoms with E-state index in [4.69, 9.17) is 5.73 Å². The fourth-order valence-corrected chi connectivity index (χ4v) is 1.16. The minimum absolute atomic E-state index is 0.413. The second-order valence-electron chi connectivity index (χ2n) is 2.58. The molecule has 0 unspecified atom stereocenters. The Morgan fingerprint density at radius 1 is 1.58 bits per heavy atom. The number of aliphatic imine (C=N–C) groups is 2. The molecule has 4 heteroatoms. The molecular weight excluding hydrogens is 154 g/mol. The SMILES string of the molecule is NC(=O)C1=CCC2=NC=NC2=C1. The largest absolute Gasteiger partial charge is 0.366 e. The summed E-state index contributed by atoms with van der Waals surface area (Å²) in [6, 6.07) is 0. The van der Waals surface area contributed by atoms with E-state index in [1.165, 1.54) is 6.34 Å². The lowest BCUT2D eigenvalue weighted by atomic mass is 10.0. The van der Waals surface area contributed by atoms with Crippen molar-refractivity contribution >= 4 is 18.0 Å². The number of hydrogen-bond acceptors (Lipinski definition) is 3. The van der Waals surface area contributed by atoms with E-state index < -0.39 is 5.91 Å². The summed E-state index contributed by atoms with van der Waals surface area (Å²) in [7, 11) is 0. The van der Waals surface area contributed by atoms with Crippen LogP contribution in [-0.2, 0) is 4.79 Å². The third-order valence-corrected chi connectivity index (χ3v) is 1.80. The van der Waals surface area contributed by atoms with Gasteiger partial charge in [-0.15, -0.1) is 0 Å². The van der Waals surface area contributed by atoms with Gasteiger partial charge in [0, 0.05) is 12.0 Å². The van der Waals surface area contributed by atoms with Crippen LogP contribution in [0.1, 0.15) is 6.42 Å². The Bertz CT molecular complexity index is 360. The van der Waals surface area contributed by atoms with Crippen molar-refractivity contribution in [3.05, 3.63) is 23.4 Å². The van der Waals surface area contributed by atoms with Crippen molar-refractivity contribution in [2.45, 2.75) is 6.42 Å². The molecule has 0 fully saturated rings. The highest BCUT2D eigenvalue weighted by molar-refractivity contribution is 6.12. The monoisotopic (exact) mass is 161 g/mol. The molecule has 2 rings (SSSR count). The van der Waals surface area contributed by atoms with Crippen LogP contribution in [0, 0.1) is 0 Å². The van der Waals surface area contributed by atoms with E-state index in [9.17, 15) is 4.79 Å². The van der Waals surface area contributed by atoms with E-state index in [1.54, 1.807) is 12.2 Å². The third kappa shape index (κ3) is 0.972. The quantitative estimate of drug-likeness (QED) is 0.585. The molecule has 1 amide bonds. The summed E-state index contributed by atoms with van der Waals surface area (Å²) in [6.07, 6.45) is 5.55. The van der Waals surface area contributed by atoms with Gasteiger partial charge in [0.05, 0.1) is 11.4 Å². The molecule has 0 bridgehead atoms. The number of carbonyl (C=O) groups excluding carboxylic acids is 1. The van der Waals surface area contributed by atoms with E-state index in [0.29, 0.717) is 12.0 Å². The Labute approximate surface area is 69.2 Å². The molecule has 0 saturated carbocycles. The molecule has 4 nitrogen and oxygen atoms in total. The molecule has 2 N–H and O–H groups in total. The maximum absolute atomic E-state index is 10.8. The third-order valence-electron chi connectivity index (χ3n) is 1.80. The van der Waals surface area contributed by atoms with Gasteiger partial charge in [-0.3, -0.25) is 4.79 Å². The van der Waals surface area contributed by atoms with Gasteiger partial charge in [-0.05, 0) is 6.08 Å². The summed E-state index contributed by atoms with van der Waals surface area (Å²) in [5.41, 5.74) is 7.28. The van der Waals surface area contributed by atoms with Crippen LogP contribution >= 0.6 is 0 Å². The molecule has 1 heterocycles. The number of carbonyl (C=O) groups is 1. The Morgan fingerprint density at radius 2 is 2.42 bits per heavy atom. The number of nitrogens with two attached hydrogens (primary N) is 1. The first-order chi connectivity index (χ1) is 5.77. The topological polar surface area (TPSA) is 67.8 Å². The summed E-state index contributed by atoms with van der Waals surface area (Å²) >= 11 is 0. The Morgan fingerprint density at radius 3 is 3.17 bits per heavy atom. The van der Waals surface area contributed by atoms with Crippen molar-refractivity contribution in [1.29, 1.82) is 0 Å². The average Bonchev–Trinajstić information content (AvgIpc) is 2.49. The van der Waals surface area contributed by atoms with Gasteiger partial charge < -0.3 is 5.73 Å². The molecule has 0 aromatic heterocycles. The van der Waals surface area contributed by atoms with Crippen LogP contribution in [-0.4, -0.2) is 18.0 Å². The minimum Gasteiger partial charge on any atom is -0.366 e. The smallest absolute Gasteiger partial charge is 0.248 e. The molecule has 12 heavy (non-hydrogen) atoms. The summed E-state index contributed by atoms with van der Waals surface area (Å²) < 4.78 is 0. The van der Waals surface area contributed by atoms with Crippen molar-refractivity contribution < 1.29 is 4.79 Å². The van der Waals surface area contributed by atoms with Crippen LogP contribution in [0.2, 0.25) is 0 Å². The maximum atomic E-state index is 10.8. The molecule has 1 aliphatic carbocycles. The molecule has 60 valence electrons. The second kappa shape index (κ2) is 2.41. The van der Waals surface area contributed by atoms with Crippen LogP contribution in [0.25, 0.3) is 0 Å². The van der Waals surface area contributed by atoms with Crippen molar-refractivity contribution in [3.63, 3.8) is 0 Å². The highest BCUT2D eigenvalue weighted by atomic mass is 16.1. The van der Waals surface area contributed by atoms with Gasteiger partial charge >= 0.3 is 0 Å². The van der Waals surface area contributed by atoms with Gasteiger partial charge in [-0.2, -0.15) is 0 Å². The fourth-order valence-electron chi connectivity index (χ4n) is 1.16. The standard InChI is InChI=1S/C8H7N3O/c9-8(12)5-1-2-6-7(3-5)11-4-10-6/h1,3-4H,2H2,(H2,9,12). The van der Waals surface area contributed by atoms with Crippen LogP contribution in [0.5, 0.6) is 0 Å². The van der Waals surface area contributed by atoms with Gasteiger partial charge in [0.2, 0.25) is 5.91 Å². The molecule has 0 spiro atoms. The number of amides is 1. The highest BCUT2D eigenvalue weighted by Crippen LogP contribution is 2.18. The average molecular weight is 161 g/mol. The highest BCUT2D eigenvalue weighted by Gasteiger charge is 2.16. The zero-order chi connectivity index (χ0) is 8.55. The lowest BCUT2D eigenvalue weighted by Crippen LogP contribution is -2.16. The number of hydrogen-bond donors (Lipinski definition) is 1. The first-order valence-corrected chi connectivity index (χ1v) is 3.58. The van der Waals surface area contributed by atoms with Crippen molar-refractivity contribution in [3.8, 4) is 0 Å². The number of primary amides is 1. The normalized spacial score (nSPS) is 19.5. The molecule has 0 saturated heterocycles. The van der Waals surface area contributed by atoms with Gasteiger partial charge in [-0.25, -0.2) is 9.98 Å². The lowest BCUT2D eigenvalue weighted by Gasteiger charge is -2.06. The predicted molar refractivity (Wildman–Crippen MR) is 45.9 cm³/mol. The second-order valence-corrected chi connectivity index (χ2v) is 2.58. The van der Waals surface area contributed by atoms with Crippen molar-refractivity contribution in [2.24, 2.45) is 15.7 Å². The van der Waals surface area contributed by atoms with Gasteiger partial charge in [0.1, 0.15) is 6.34 Å². The molecule has 2 aliphatic rings. The molecule has 0 atom stereocenters. The summed E-state index contributed by atoms with van der Waals surface area (Å²) in [5, 5.41) is 0. The number of rotatable bonds is 1. The maximum Gasteiger partial charge on any atom is 0.248 e. The molecule has 1 aliphatic heterocycles. The summed E-state index contributed by atoms with van der Waals surface area (Å²) in [4.78, 5) is 18.7. The Balaban J connectivity index is 2.36. The predicted octanol–water partition coefficient (Wildman–Crippen LogP) is 0.169. The van der Waals surface area contributed by atoms with Crippen LogP contribution in [0.15, 0.2) is 33.4 Å². The molecule has 0 aromatic rings. The lowest BCUT2D eigenvalue weighted by molar-refractivity contribution is -0.114. The van der Waals surface area contributed by atoms with Gasteiger partial charge in [0.15, 0.2) is 0 Å². The summed E-state index contributed by atoms with van der Waals surface area (Å²) in [6.45, 7) is 0. The van der Waals surface area contributed by atoms with Gasteiger partial charge in [-0.1, -0.05) is 6.08 Å². The number of nitrogens with zero attached hydrogens (tertiary/aromatic N) is 2. The fraction of sp³-hybridized carbons (Fsp3) is 0.125. The molecule has 0 aromatic carbocycles. The van der Waals surface area contributed by atoms with E-state index in [2.05, 4.69) is 9.98 Å². The van der Waals surface area contributed by atoms with E-state index >= 15 is 0 Å². The van der Waals surface area contributed by atoms with E-state index in [0.717, 1.165) is 11.4 Å². The van der Waals surface area contributed by atoms with Gasteiger partial charge in [0.25, 0.3) is 0 Å². The Kier molecular flexibility index (Phi) is 1.40. The number of fused-ring (bicyclic) bond motifs is 1. The van der Waals surface area contributed by atoms with Crippen molar-refractivity contribution in [2.75, 3.05) is 0 Å². The zero-order valence-corrected chi connectivity index (χ0v) is 6.32. The van der Waals surface area contributed by atoms with E-state index in [1.807, 2.05) is 0 Å². The first-order valence-electron chi connectivity index (χ1n) is 3.58. The van der Waals surface area contributed by atoms with Crippen LogP contribution in [0.3, 0.4) is 0 Å². The molecular formula is C8H7N3O. The molecule has 0 radical (unpaired) electrons. The van der Waals surface area contributed by atoms with Crippen molar-refractivity contribution in [1.82, 2.24) is 0 Å². The minimum atomic E-state index is -0.413. The van der Waals surface area contributed by atoms with Crippen LogP contribution in [0.4, 0.5) is 0 Å². The number of allylic oxidation sites excluding steroid dienone is 2.